The van der Waals surface area contributed by atoms with Crippen molar-refractivity contribution in [2.24, 2.45) is 0 Å². The average molecular weight is 328 g/mol. The Labute approximate surface area is 107 Å². The van der Waals surface area contributed by atoms with Crippen LogP contribution in [0.3, 0.4) is 0 Å². The first-order chi connectivity index (χ1) is 8.00. The summed E-state index contributed by atoms with van der Waals surface area (Å²) < 4.78 is 1.25. The summed E-state index contributed by atoms with van der Waals surface area (Å²) in [6.45, 7) is 0. The standard InChI is InChI=1S/C9H7N3O4.Ag/c13-6(14)3-4-1-2-5-8(11-12-10-5)7(4)9(15)16;/h1-2H,3H2,(H3,10,11,12,13,14,15,16);/q;+1/p-1. The molecule has 0 aliphatic carbocycles. The van der Waals surface area contributed by atoms with Gasteiger partial charge in [0.1, 0.15) is 0 Å². The van der Waals surface area contributed by atoms with E-state index in [2.05, 4.69) is 31.6 Å². The Kier molecular flexibility index (Phi) is 2.97. The zero-order valence-electron chi connectivity index (χ0n) is 8.22. The van der Waals surface area contributed by atoms with Crippen LogP contribution < -0.4 is 0 Å². The number of nitrogens with zero attached hydrogens (tertiary/aromatic N) is 3. The molecular weight excluding hydrogens is 322 g/mol. The number of hydrogen-bond donors (Lipinski definition) is 2. The van der Waals surface area contributed by atoms with Crippen LogP contribution in [0.5, 0.6) is 0 Å². The van der Waals surface area contributed by atoms with Gasteiger partial charge in [-0.2, -0.15) is 0 Å². The van der Waals surface area contributed by atoms with Gasteiger partial charge in [-0.3, -0.25) is 0 Å². The second-order valence-corrected chi connectivity index (χ2v) is 3.89. The van der Waals surface area contributed by atoms with E-state index in [0.717, 1.165) is 0 Å². The summed E-state index contributed by atoms with van der Waals surface area (Å²) in [4.78, 5) is 21.8. The van der Waals surface area contributed by atoms with E-state index in [1.807, 2.05) is 0 Å². The van der Waals surface area contributed by atoms with Gasteiger partial charge in [0.05, 0.1) is 0 Å². The predicted molar refractivity (Wildman–Crippen MR) is 51.2 cm³/mol. The molecule has 0 saturated heterocycles. The average Bonchev–Trinajstić information content (AvgIpc) is 2.58. The van der Waals surface area contributed by atoms with E-state index in [9.17, 15) is 9.59 Å². The fraction of sp³-hybridized carbons (Fsp3) is 0.111. The molecule has 0 bridgehead atoms. The van der Waals surface area contributed by atoms with Gasteiger partial charge in [0.15, 0.2) is 0 Å². The van der Waals surface area contributed by atoms with E-state index in [1.54, 1.807) is 6.07 Å². The Morgan fingerprint density at radius 2 is 2.06 bits per heavy atom. The number of carbonyl (C=O) groups is 2. The molecule has 1 heterocycles. The van der Waals surface area contributed by atoms with Crippen LogP contribution in [0.25, 0.3) is 11.0 Å². The van der Waals surface area contributed by atoms with Gasteiger partial charge in [-0.1, -0.05) is 0 Å². The molecule has 0 atom stereocenters. The molecule has 1 aromatic heterocycles. The minimum absolute atomic E-state index is 0.129. The van der Waals surface area contributed by atoms with Crippen molar-refractivity contribution in [3.63, 3.8) is 0 Å². The van der Waals surface area contributed by atoms with Crippen LogP contribution in [-0.4, -0.2) is 35.5 Å². The van der Waals surface area contributed by atoms with Crippen molar-refractivity contribution in [2.45, 2.75) is 6.42 Å². The molecule has 8 heteroatoms. The molecule has 0 aliphatic heterocycles. The van der Waals surface area contributed by atoms with Gasteiger partial charge in [0, 0.05) is 0 Å². The number of aromatic carboxylic acids is 1. The van der Waals surface area contributed by atoms with Gasteiger partial charge >= 0.3 is 107 Å². The molecule has 7 nitrogen and oxygen atoms in total. The number of hydrogen-bond acceptors (Lipinski definition) is 4. The molecule has 0 fully saturated rings. The third-order valence-corrected chi connectivity index (χ3v) is 2.68. The quantitative estimate of drug-likeness (QED) is 0.773. The SMILES string of the molecule is O=C(O)Cc1ccc2c(nn[n]2[Ag])c1C(=O)O. The molecule has 0 aliphatic rings. The van der Waals surface area contributed by atoms with Gasteiger partial charge in [-0.25, -0.2) is 0 Å². The van der Waals surface area contributed by atoms with Crippen molar-refractivity contribution in [2.75, 3.05) is 0 Å². The van der Waals surface area contributed by atoms with E-state index in [4.69, 9.17) is 10.2 Å². The van der Waals surface area contributed by atoms with Gasteiger partial charge in [0.2, 0.25) is 0 Å². The predicted octanol–water partition coefficient (Wildman–Crippen LogP) is 0.0665. The normalized spacial score (nSPS) is 10.7. The first kappa shape index (κ1) is 11.8. The number of carboxylic acids is 2. The van der Waals surface area contributed by atoms with Crippen LogP contribution >= 0.6 is 0 Å². The molecule has 1 aromatic carbocycles. The van der Waals surface area contributed by atoms with Gasteiger partial charge in [0.25, 0.3) is 0 Å². The molecule has 17 heavy (non-hydrogen) atoms. The molecule has 2 rings (SSSR count). The molecule has 0 amide bonds. The Bertz CT molecular complexity index is 622. The zero-order chi connectivity index (χ0) is 12.6. The van der Waals surface area contributed by atoms with E-state index in [0.29, 0.717) is 5.52 Å². The Balaban J connectivity index is 2.73. The summed E-state index contributed by atoms with van der Waals surface area (Å²) in [6.07, 6.45) is -0.369. The second-order valence-electron chi connectivity index (χ2n) is 3.26. The van der Waals surface area contributed by atoms with E-state index < -0.39 is 11.9 Å². The summed E-state index contributed by atoms with van der Waals surface area (Å²) in [5.41, 5.74) is 0.697. The maximum absolute atomic E-state index is 11.1. The number of benzene rings is 1. The van der Waals surface area contributed by atoms with Crippen molar-refractivity contribution in [3.05, 3.63) is 23.3 Å². The molecule has 0 saturated carbocycles. The summed E-state index contributed by atoms with van der Waals surface area (Å²) >= 11 is 3.08. The third kappa shape index (κ3) is 2.07. The fourth-order valence-corrected chi connectivity index (χ4v) is 1.87. The monoisotopic (exact) mass is 327 g/mol. The molecule has 0 spiro atoms. The van der Waals surface area contributed by atoms with Crippen LogP contribution in [0.4, 0.5) is 0 Å². The molecule has 0 unspecified atom stereocenters. The van der Waals surface area contributed by atoms with Gasteiger partial charge in [-0.15, -0.1) is 0 Å². The fourth-order valence-electron chi connectivity index (χ4n) is 1.54. The maximum atomic E-state index is 11.1. The Morgan fingerprint density at radius 3 is 2.65 bits per heavy atom. The number of aromatic nitrogens is 3. The first-order valence-corrected chi connectivity index (χ1v) is 5.12. The van der Waals surface area contributed by atoms with Crippen LogP contribution in [-0.2, 0) is 32.5 Å². The van der Waals surface area contributed by atoms with Crippen molar-refractivity contribution >= 4 is 23.0 Å². The molecule has 92 valence electrons. The van der Waals surface area contributed by atoms with Gasteiger partial charge < -0.3 is 0 Å². The molecule has 2 aromatic rings. The summed E-state index contributed by atoms with van der Waals surface area (Å²) in [6, 6.07) is 3.01. The van der Waals surface area contributed by atoms with E-state index in [1.165, 1.54) is 9.15 Å². The number of carboxylic acid groups (broad SMARTS) is 2. The van der Waals surface area contributed by atoms with E-state index in [-0.39, 0.29) is 23.1 Å². The summed E-state index contributed by atoms with van der Waals surface area (Å²) in [7, 11) is 0. The zero-order valence-corrected chi connectivity index (χ0v) is 9.70. The van der Waals surface area contributed by atoms with E-state index >= 15 is 0 Å². The Morgan fingerprint density at radius 1 is 1.35 bits per heavy atom. The molecule has 2 N–H and O–H groups in total. The number of aliphatic carboxylic acids is 1. The van der Waals surface area contributed by atoms with Crippen molar-refractivity contribution < 1.29 is 41.1 Å². The number of rotatable bonds is 3. The van der Waals surface area contributed by atoms with Crippen LogP contribution in [0.15, 0.2) is 12.1 Å². The first-order valence-electron chi connectivity index (χ1n) is 4.46. The third-order valence-electron chi connectivity index (χ3n) is 2.20. The molecular formula is C9H6AgN3O4. The second kappa shape index (κ2) is 4.28. The van der Waals surface area contributed by atoms with Crippen molar-refractivity contribution in [1.29, 1.82) is 0 Å². The van der Waals surface area contributed by atoms with Crippen molar-refractivity contribution in [3.8, 4) is 0 Å². The van der Waals surface area contributed by atoms with Crippen LogP contribution in [0, 0.1) is 0 Å². The number of fused-ring (bicyclic) bond motifs is 1. The summed E-state index contributed by atoms with van der Waals surface area (Å²) in [5.74, 6) is -2.32. The Hall–Kier alpha value is -1.70. The summed E-state index contributed by atoms with van der Waals surface area (Å²) in [5, 5.41) is 25.1. The van der Waals surface area contributed by atoms with Crippen LogP contribution in [0.2, 0.25) is 0 Å². The molecule has 0 radical (unpaired) electrons. The van der Waals surface area contributed by atoms with Crippen molar-refractivity contribution in [1.82, 2.24) is 13.4 Å². The van der Waals surface area contributed by atoms with Gasteiger partial charge in [-0.05, 0) is 0 Å². The van der Waals surface area contributed by atoms with Crippen LogP contribution in [0.1, 0.15) is 15.9 Å². The topological polar surface area (TPSA) is 105 Å². The minimum atomic E-state index is -1.22.